The highest BCUT2D eigenvalue weighted by atomic mass is 16.5. The van der Waals surface area contributed by atoms with Crippen molar-refractivity contribution in [1.29, 1.82) is 0 Å². The number of rotatable bonds is 6. The minimum absolute atomic E-state index is 0.223. The van der Waals surface area contributed by atoms with Crippen LogP contribution in [0.3, 0.4) is 0 Å². The molecule has 0 aromatic rings. The third-order valence-electron chi connectivity index (χ3n) is 2.93. The van der Waals surface area contributed by atoms with E-state index in [0.29, 0.717) is 0 Å². The summed E-state index contributed by atoms with van der Waals surface area (Å²) in [7, 11) is 0. The molecule has 5 heteroatoms. The summed E-state index contributed by atoms with van der Waals surface area (Å²) < 4.78 is 5.39. The molecule has 3 N–H and O–H groups in total. The Morgan fingerprint density at radius 1 is 1.41 bits per heavy atom. The Morgan fingerprint density at radius 3 is 2.82 bits per heavy atom. The third-order valence-corrected chi connectivity index (χ3v) is 2.93. The predicted molar refractivity (Wildman–Crippen MR) is 67.7 cm³/mol. The second-order valence-electron chi connectivity index (χ2n) is 4.87. The number of carbonyl (C=O) groups is 1. The van der Waals surface area contributed by atoms with Gasteiger partial charge >= 0.3 is 0 Å². The number of hydrogen-bond donors (Lipinski definition) is 2. The Labute approximate surface area is 104 Å². The van der Waals surface area contributed by atoms with Crippen molar-refractivity contribution in [2.75, 3.05) is 32.8 Å². The summed E-state index contributed by atoms with van der Waals surface area (Å²) in [6, 6.07) is 0.0548. The monoisotopic (exact) mass is 243 g/mol. The van der Waals surface area contributed by atoms with Crippen LogP contribution in [0.25, 0.3) is 0 Å². The molecule has 1 unspecified atom stereocenters. The van der Waals surface area contributed by atoms with Crippen LogP contribution < -0.4 is 11.1 Å². The standard InChI is InChI=1S/C12H25N3O2/c1-10(2)14-11(12(13)16)4-6-15-5-3-8-17-9-7-15/h10-11,14H,3-9H2,1-2H3,(H2,13,16). The van der Waals surface area contributed by atoms with Gasteiger partial charge < -0.3 is 20.7 Å². The van der Waals surface area contributed by atoms with Crippen LogP contribution in [0.4, 0.5) is 0 Å². The van der Waals surface area contributed by atoms with Crippen LogP contribution in [0.1, 0.15) is 26.7 Å². The summed E-state index contributed by atoms with van der Waals surface area (Å²) >= 11 is 0. The van der Waals surface area contributed by atoms with E-state index in [1.165, 1.54) is 0 Å². The summed E-state index contributed by atoms with van der Waals surface area (Å²) in [5, 5.41) is 3.20. The van der Waals surface area contributed by atoms with Gasteiger partial charge in [0.05, 0.1) is 12.6 Å². The van der Waals surface area contributed by atoms with Crippen molar-refractivity contribution in [1.82, 2.24) is 10.2 Å². The highest BCUT2D eigenvalue weighted by molar-refractivity contribution is 5.79. The lowest BCUT2D eigenvalue weighted by Gasteiger charge is -2.23. The van der Waals surface area contributed by atoms with E-state index in [0.717, 1.165) is 45.7 Å². The third kappa shape index (κ3) is 6.00. The lowest BCUT2D eigenvalue weighted by molar-refractivity contribution is -0.120. The van der Waals surface area contributed by atoms with E-state index in [1.54, 1.807) is 0 Å². The number of nitrogens with one attached hydrogen (secondary N) is 1. The smallest absolute Gasteiger partial charge is 0.234 e. The number of amides is 1. The van der Waals surface area contributed by atoms with Crippen LogP contribution in [0.2, 0.25) is 0 Å². The normalized spacial score (nSPS) is 20.2. The fourth-order valence-electron chi connectivity index (χ4n) is 2.04. The van der Waals surface area contributed by atoms with Gasteiger partial charge in [-0.2, -0.15) is 0 Å². The number of nitrogens with zero attached hydrogens (tertiary/aromatic N) is 1. The average molecular weight is 243 g/mol. The van der Waals surface area contributed by atoms with Gasteiger partial charge in [-0.05, 0) is 12.8 Å². The Hall–Kier alpha value is -0.650. The van der Waals surface area contributed by atoms with Crippen LogP contribution in [0.15, 0.2) is 0 Å². The first-order chi connectivity index (χ1) is 8.09. The number of nitrogens with two attached hydrogens (primary N) is 1. The largest absolute Gasteiger partial charge is 0.380 e. The second kappa shape index (κ2) is 7.63. The number of ether oxygens (including phenoxy) is 1. The Kier molecular flexibility index (Phi) is 6.47. The summed E-state index contributed by atoms with van der Waals surface area (Å²) in [6.45, 7) is 8.58. The van der Waals surface area contributed by atoms with E-state index in [1.807, 2.05) is 13.8 Å². The molecule has 1 heterocycles. The number of hydrogen-bond acceptors (Lipinski definition) is 4. The molecule has 1 aliphatic heterocycles. The van der Waals surface area contributed by atoms with E-state index in [2.05, 4.69) is 10.2 Å². The quantitative estimate of drug-likeness (QED) is 0.686. The van der Waals surface area contributed by atoms with Crippen LogP contribution in [0.5, 0.6) is 0 Å². The van der Waals surface area contributed by atoms with Crippen LogP contribution in [-0.2, 0) is 9.53 Å². The molecule has 1 amide bonds. The molecule has 1 saturated heterocycles. The van der Waals surface area contributed by atoms with Crippen LogP contribution in [-0.4, -0.2) is 55.7 Å². The second-order valence-corrected chi connectivity index (χ2v) is 4.87. The first-order valence-corrected chi connectivity index (χ1v) is 6.45. The molecule has 0 aromatic heterocycles. The summed E-state index contributed by atoms with van der Waals surface area (Å²) in [4.78, 5) is 13.6. The van der Waals surface area contributed by atoms with Crippen molar-refractivity contribution < 1.29 is 9.53 Å². The molecule has 1 fully saturated rings. The molecule has 1 atom stereocenters. The minimum atomic E-state index is -0.259. The molecule has 100 valence electrons. The zero-order chi connectivity index (χ0) is 12.7. The topological polar surface area (TPSA) is 67.6 Å². The van der Waals surface area contributed by atoms with Gasteiger partial charge in [-0.15, -0.1) is 0 Å². The summed E-state index contributed by atoms with van der Waals surface area (Å²) in [5.74, 6) is -0.259. The van der Waals surface area contributed by atoms with Gasteiger partial charge in [0.15, 0.2) is 0 Å². The lowest BCUT2D eigenvalue weighted by atomic mass is 10.1. The van der Waals surface area contributed by atoms with E-state index in [-0.39, 0.29) is 18.0 Å². The van der Waals surface area contributed by atoms with Crippen molar-refractivity contribution in [3.05, 3.63) is 0 Å². The maximum atomic E-state index is 11.3. The molecular formula is C12H25N3O2. The van der Waals surface area contributed by atoms with E-state index in [9.17, 15) is 4.79 Å². The van der Waals surface area contributed by atoms with Gasteiger partial charge in [-0.1, -0.05) is 13.8 Å². The molecule has 0 aliphatic carbocycles. The van der Waals surface area contributed by atoms with Crippen molar-refractivity contribution in [2.24, 2.45) is 5.73 Å². The zero-order valence-electron chi connectivity index (χ0n) is 10.9. The van der Waals surface area contributed by atoms with E-state index >= 15 is 0 Å². The van der Waals surface area contributed by atoms with Gasteiger partial charge in [0.1, 0.15) is 0 Å². The molecule has 0 saturated carbocycles. The Morgan fingerprint density at radius 2 is 2.18 bits per heavy atom. The van der Waals surface area contributed by atoms with Gasteiger partial charge in [-0.25, -0.2) is 0 Å². The van der Waals surface area contributed by atoms with Crippen LogP contribution in [0, 0.1) is 0 Å². The molecule has 1 aliphatic rings. The maximum Gasteiger partial charge on any atom is 0.234 e. The van der Waals surface area contributed by atoms with Crippen LogP contribution >= 0.6 is 0 Å². The van der Waals surface area contributed by atoms with E-state index < -0.39 is 0 Å². The number of primary amides is 1. The predicted octanol–water partition coefficient (Wildman–Crippen LogP) is -0.0493. The van der Waals surface area contributed by atoms with Gasteiger partial charge in [-0.3, -0.25) is 4.79 Å². The van der Waals surface area contributed by atoms with Crippen molar-refractivity contribution in [2.45, 2.75) is 38.8 Å². The zero-order valence-corrected chi connectivity index (χ0v) is 10.9. The lowest BCUT2D eigenvalue weighted by Crippen LogP contribution is -2.46. The first-order valence-electron chi connectivity index (χ1n) is 6.45. The Balaban J connectivity index is 2.31. The fraction of sp³-hybridized carbons (Fsp3) is 0.917. The molecule has 0 aromatic carbocycles. The highest BCUT2D eigenvalue weighted by Gasteiger charge is 2.18. The molecule has 0 spiro atoms. The van der Waals surface area contributed by atoms with Gasteiger partial charge in [0.25, 0.3) is 0 Å². The number of carbonyl (C=O) groups excluding carboxylic acids is 1. The fourth-order valence-corrected chi connectivity index (χ4v) is 2.04. The van der Waals surface area contributed by atoms with E-state index in [4.69, 9.17) is 10.5 Å². The van der Waals surface area contributed by atoms with Crippen molar-refractivity contribution in [3.8, 4) is 0 Å². The highest BCUT2D eigenvalue weighted by Crippen LogP contribution is 2.02. The summed E-state index contributed by atoms with van der Waals surface area (Å²) in [5.41, 5.74) is 5.39. The average Bonchev–Trinajstić information content (AvgIpc) is 2.51. The van der Waals surface area contributed by atoms with Gasteiger partial charge in [0, 0.05) is 32.3 Å². The molecule has 5 nitrogen and oxygen atoms in total. The van der Waals surface area contributed by atoms with Crippen molar-refractivity contribution >= 4 is 5.91 Å². The van der Waals surface area contributed by atoms with Crippen molar-refractivity contribution in [3.63, 3.8) is 0 Å². The Bertz CT molecular complexity index is 226. The van der Waals surface area contributed by atoms with Gasteiger partial charge in [0.2, 0.25) is 5.91 Å². The first kappa shape index (κ1) is 14.4. The molecule has 0 radical (unpaired) electrons. The molecule has 17 heavy (non-hydrogen) atoms. The maximum absolute atomic E-state index is 11.3. The SMILES string of the molecule is CC(C)NC(CCN1CCCOCC1)C(N)=O. The molecular weight excluding hydrogens is 218 g/mol. The summed E-state index contributed by atoms with van der Waals surface area (Å²) in [6.07, 6.45) is 1.84. The molecule has 1 rings (SSSR count). The minimum Gasteiger partial charge on any atom is -0.380 e. The molecule has 0 bridgehead atoms.